The molecule has 1 aromatic rings. The van der Waals surface area contributed by atoms with Gasteiger partial charge in [0.05, 0.1) is 12.8 Å². The van der Waals surface area contributed by atoms with Crippen LogP contribution in [0.5, 0.6) is 0 Å². The van der Waals surface area contributed by atoms with Gasteiger partial charge in [0.1, 0.15) is 17.6 Å². The van der Waals surface area contributed by atoms with Gasteiger partial charge in [0, 0.05) is 26.2 Å². The fourth-order valence-corrected chi connectivity index (χ4v) is 4.15. The van der Waals surface area contributed by atoms with Gasteiger partial charge in [-0.25, -0.2) is 12.7 Å². The van der Waals surface area contributed by atoms with Crippen LogP contribution in [0.4, 0.5) is 0 Å². The Bertz CT molecular complexity index is 607. The highest BCUT2D eigenvalue weighted by atomic mass is 32.2. The molecule has 6 nitrogen and oxygen atoms in total. The first-order chi connectivity index (χ1) is 11.0. The van der Waals surface area contributed by atoms with Crippen LogP contribution in [0.3, 0.4) is 0 Å². The van der Waals surface area contributed by atoms with E-state index < -0.39 is 10.0 Å². The van der Waals surface area contributed by atoms with Crippen LogP contribution in [-0.4, -0.2) is 56.7 Å². The highest BCUT2D eigenvalue weighted by Crippen LogP contribution is 2.29. The number of nitrogens with zero attached hydrogens (tertiary/aromatic N) is 2. The molecule has 3 rings (SSSR count). The zero-order chi connectivity index (χ0) is 16.3. The molecule has 3 heterocycles. The van der Waals surface area contributed by atoms with E-state index in [4.69, 9.17) is 9.15 Å². The van der Waals surface area contributed by atoms with Crippen molar-refractivity contribution in [1.82, 2.24) is 9.21 Å². The van der Waals surface area contributed by atoms with E-state index in [2.05, 4.69) is 4.90 Å². The number of hydrogen-bond acceptors (Lipinski definition) is 5. The first-order valence-corrected chi connectivity index (χ1v) is 10.2. The van der Waals surface area contributed by atoms with Crippen molar-refractivity contribution in [2.24, 2.45) is 0 Å². The second-order valence-corrected chi connectivity index (χ2v) is 8.43. The van der Waals surface area contributed by atoms with E-state index in [0.29, 0.717) is 13.1 Å². The van der Waals surface area contributed by atoms with Gasteiger partial charge in [-0.15, -0.1) is 0 Å². The lowest BCUT2D eigenvalue weighted by Gasteiger charge is -2.21. The molecule has 0 aliphatic carbocycles. The third-order valence-corrected chi connectivity index (χ3v) is 5.88. The maximum Gasteiger partial charge on any atom is 0.211 e. The van der Waals surface area contributed by atoms with Crippen molar-refractivity contribution in [3.8, 4) is 0 Å². The van der Waals surface area contributed by atoms with Gasteiger partial charge in [0.25, 0.3) is 0 Å². The molecule has 1 aromatic heterocycles. The second-order valence-electron chi connectivity index (χ2n) is 6.45. The van der Waals surface area contributed by atoms with Crippen molar-refractivity contribution in [3.05, 3.63) is 23.7 Å². The molecule has 0 spiro atoms. The zero-order valence-electron chi connectivity index (χ0n) is 13.7. The van der Waals surface area contributed by atoms with E-state index in [1.165, 1.54) is 12.7 Å². The summed E-state index contributed by atoms with van der Waals surface area (Å²) in [7, 11) is -3.09. The predicted octanol–water partition coefficient (Wildman–Crippen LogP) is 1.99. The normalized spacial score (nSPS) is 25.3. The van der Waals surface area contributed by atoms with Crippen LogP contribution >= 0.6 is 0 Å². The molecule has 0 aromatic carbocycles. The highest BCUT2D eigenvalue weighted by Gasteiger charge is 2.23. The minimum absolute atomic E-state index is 0.0994. The minimum atomic E-state index is -3.09. The number of ether oxygens (including phenoxy) is 1. The molecule has 0 radical (unpaired) electrons. The maximum absolute atomic E-state index is 11.7. The summed E-state index contributed by atoms with van der Waals surface area (Å²) < 4.78 is 36.6. The molecule has 23 heavy (non-hydrogen) atoms. The lowest BCUT2D eigenvalue weighted by Crippen LogP contribution is -2.34. The van der Waals surface area contributed by atoms with Crippen molar-refractivity contribution >= 4 is 10.0 Å². The molecule has 2 fully saturated rings. The summed E-state index contributed by atoms with van der Waals surface area (Å²) >= 11 is 0. The standard InChI is InChI=1S/C16H26N2O4S/c1-23(19,20)18-9-4-8-17(10-11-18)13-14-6-7-16(22-14)15-5-2-3-12-21-15/h6-7,15H,2-5,8-13H2,1H3. The van der Waals surface area contributed by atoms with Crippen LogP contribution < -0.4 is 0 Å². The van der Waals surface area contributed by atoms with Gasteiger partial charge in [-0.1, -0.05) is 0 Å². The number of hydrogen-bond donors (Lipinski definition) is 0. The third-order valence-electron chi connectivity index (χ3n) is 4.58. The Labute approximate surface area is 138 Å². The second kappa shape index (κ2) is 7.34. The van der Waals surface area contributed by atoms with Crippen molar-refractivity contribution in [1.29, 1.82) is 0 Å². The lowest BCUT2D eigenvalue weighted by atomic mass is 10.1. The Balaban J connectivity index is 1.56. The monoisotopic (exact) mass is 342 g/mol. The summed E-state index contributed by atoms with van der Waals surface area (Å²) in [6, 6.07) is 4.04. The quantitative estimate of drug-likeness (QED) is 0.837. The van der Waals surface area contributed by atoms with E-state index in [9.17, 15) is 8.42 Å². The summed E-state index contributed by atoms with van der Waals surface area (Å²) in [4.78, 5) is 2.26. The smallest absolute Gasteiger partial charge is 0.211 e. The molecule has 2 aliphatic rings. The molecular formula is C16H26N2O4S. The zero-order valence-corrected chi connectivity index (χ0v) is 14.6. The molecule has 0 N–H and O–H groups in total. The SMILES string of the molecule is CS(=O)(=O)N1CCCN(Cc2ccc(C3CCCCO3)o2)CC1. The van der Waals surface area contributed by atoms with E-state index in [0.717, 1.165) is 57.0 Å². The fourth-order valence-electron chi connectivity index (χ4n) is 3.28. The summed E-state index contributed by atoms with van der Waals surface area (Å²) in [5, 5.41) is 0. The van der Waals surface area contributed by atoms with Gasteiger partial charge in [-0.2, -0.15) is 0 Å². The summed E-state index contributed by atoms with van der Waals surface area (Å²) in [5.74, 6) is 1.86. The average Bonchev–Trinajstić information content (AvgIpc) is 2.85. The Morgan fingerprint density at radius 3 is 2.74 bits per heavy atom. The van der Waals surface area contributed by atoms with Crippen LogP contribution in [0.1, 0.15) is 43.3 Å². The first-order valence-electron chi connectivity index (χ1n) is 8.40. The van der Waals surface area contributed by atoms with Crippen LogP contribution in [0.2, 0.25) is 0 Å². The molecule has 7 heteroatoms. The molecule has 2 saturated heterocycles. The molecule has 1 unspecified atom stereocenters. The maximum atomic E-state index is 11.7. The van der Waals surface area contributed by atoms with Crippen LogP contribution in [-0.2, 0) is 21.3 Å². The number of furan rings is 1. The molecule has 0 bridgehead atoms. The van der Waals surface area contributed by atoms with Gasteiger partial charge in [0.2, 0.25) is 10.0 Å². The van der Waals surface area contributed by atoms with Gasteiger partial charge in [-0.3, -0.25) is 4.90 Å². The van der Waals surface area contributed by atoms with Crippen molar-refractivity contribution < 1.29 is 17.6 Å². The Hall–Kier alpha value is -0.890. The summed E-state index contributed by atoms with van der Waals surface area (Å²) in [6.45, 7) is 4.33. The molecule has 0 saturated carbocycles. The van der Waals surface area contributed by atoms with Crippen LogP contribution in [0, 0.1) is 0 Å². The Kier molecular flexibility index (Phi) is 5.41. The first kappa shape index (κ1) is 17.0. The minimum Gasteiger partial charge on any atom is -0.462 e. The Morgan fingerprint density at radius 1 is 1.13 bits per heavy atom. The highest BCUT2D eigenvalue weighted by molar-refractivity contribution is 7.88. The topological polar surface area (TPSA) is 63.0 Å². The van der Waals surface area contributed by atoms with E-state index in [-0.39, 0.29) is 6.10 Å². The van der Waals surface area contributed by atoms with Gasteiger partial charge < -0.3 is 9.15 Å². The van der Waals surface area contributed by atoms with Crippen molar-refractivity contribution in [2.75, 3.05) is 39.0 Å². The Morgan fingerprint density at radius 2 is 2.00 bits per heavy atom. The molecule has 1 atom stereocenters. The fraction of sp³-hybridized carbons (Fsp3) is 0.750. The van der Waals surface area contributed by atoms with Crippen LogP contribution in [0.15, 0.2) is 16.5 Å². The van der Waals surface area contributed by atoms with Gasteiger partial charge in [-0.05, 0) is 44.4 Å². The molecule has 2 aliphatic heterocycles. The van der Waals surface area contributed by atoms with Crippen molar-refractivity contribution in [3.63, 3.8) is 0 Å². The van der Waals surface area contributed by atoms with Gasteiger partial charge in [0.15, 0.2) is 0 Å². The third kappa shape index (κ3) is 4.56. The van der Waals surface area contributed by atoms with E-state index in [1.807, 2.05) is 12.1 Å². The van der Waals surface area contributed by atoms with Crippen LogP contribution in [0.25, 0.3) is 0 Å². The molecular weight excluding hydrogens is 316 g/mol. The number of rotatable bonds is 4. The predicted molar refractivity (Wildman–Crippen MR) is 87.6 cm³/mol. The van der Waals surface area contributed by atoms with Gasteiger partial charge >= 0.3 is 0 Å². The average molecular weight is 342 g/mol. The molecule has 130 valence electrons. The largest absolute Gasteiger partial charge is 0.462 e. The lowest BCUT2D eigenvalue weighted by molar-refractivity contribution is 0.000867. The van der Waals surface area contributed by atoms with E-state index in [1.54, 1.807) is 4.31 Å². The number of sulfonamides is 1. The van der Waals surface area contributed by atoms with E-state index >= 15 is 0 Å². The molecule has 0 amide bonds. The summed E-state index contributed by atoms with van der Waals surface area (Å²) in [5.41, 5.74) is 0. The summed E-state index contributed by atoms with van der Waals surface area (Å²) in [6.07, 6.45) is 5.59. The van der Waals surface area contributed by atoms with Crippen molar-refractivity contribution in [2.45, 2.75) is 38.3 Å².